The lowest BCUT2D eigenvalue weighted by atomic mass is 10.0. The molecule has 2 aromatic rings. The Hall–Kier alpha value is -2.53. The summed E-state index contributed by atoms with van der Waals surface area (Å²) in [4.78, 5) is 14.5. The third-order valence-corrected chi connectivity index (χ3v) is 4.90. The van der Waals surface area contributed by atoms with Crippen molar-refractivity contribution in [3.8, 4) is 0 Å². The molecule has 1 aliphatic heterocycles. The molecule has 2 heterocycles. The number of rotatable bonds is 5. The molecule has 1 aromatic carbocycles. The van der Waals surface area contributed by atoms with E-state index >= 15 is 0 Å². The first-order valence-electron chi connectivity index (χ1n) is 8.44. The van der Waals surface area contributed by atoms with Gasteiger partial charge in [0.1, 0.15) is 29.9 Å². The quantitative estimate of drug-likeness (QED) is 0.337. The molecule has 0 radical (unpaired) electrons. The van der Waals surface area contributed by atoms with Gasteiger partial charge in [0, 0.05) is 0 Å². The van der Waals surface area contributed by atoms with Gasteiger partial charge in [0.15, 0.2) is 28.4 Å². The van der Waals surface area contributed by atoms with Crippen LogP contribution in [0, 0.1) is 35.0 Å². The van der Waals surface area contributed by atoms with E-state index in [-0.39, 0.29) is 24.7 Å². The Morgan fingerprint density at radius 1 is 1.03 bits per heavy atom. The first-order valence-corrected chi connectivity index (χ1v) is 8.85. The smallest absolute Gasteiger partial charge is 0.256 e. The molecule has 1 aromatic heterocycles. The van der Waals surface area contributed by atoms with E-state index in [1.807, 2.05) is 0 Å². The Bertz CT molecular complexity index is 965. The topological polar surface area (TPSA) is 56.9 Å². The second kappa shape index (κ2) is 7.71. The van der Waals surface area contributed by atoms with Gasteiger partial charge in [0.05, 0.1) is 6.54 Å². The second-order valence-corrected chi connectivity index (χ2v) is 7.08. The van der Waals surface area contributed by atoms with Crippen LogP contribution in [0.4, 0.5) is 27.6 Å². The molecule has 1 aliphatic rings. The summed E-state index contributed by atoms with van der Waals surface area (Å²) in [7, 11) is 0. The molecule has 29 heavy (non-hydrogen) atoms. The van der Waals surface area contributed by atoms with E-state index in [2.05, 4.69) is 0 Å². The molecule has 1 atom stereocenters. The monoisotopic (exact) mass is 434 g/mol. The molecule has 0 aliphatic carbocycles. The van der Waals surface area contributed by atoms with Gasteiger partial charge in [-0.3, -0.25) is 4.79 Å². The number of halogens is 5. The number of aliphatic hydroxyl groups is 1. The summed E-state index contributed by atoms with van der Waals surface area (Å²) in [5.74, 6) is -11.8. The Labute approximate surface area is 167 Å². The van der Waals surface area contributed by atoms with E-state index in [1.165, 1.54) is 17.0 Å². The lowest BCUT2D eigenvalue weighted by Crippen LogP contribution is -2.38. The van der Waals surface area contributed by atoms with Crippen molar-refractivity contribution in [3.63, 3.8) is 0 Å². The fourth-order valence-corrected chi connectivity index (χ4v) is 3.53. The normalized spacial score (nSPS) is 17.2. The van der Waals surface area contributed by atoms with Crippen LogP contribution in [0.15, 0.2) is 16.5 Å². The lowest BCUT2D eigenvalue weighted by molar-refractivity contribution is -0.121. The number of nitrogens with zero attached hydrogens (tertiary/aromatic N) is 2. The Balaban J connectivity index is 2.08. The average Bonchev–Trinajstić information content (AvgIpc) is 3.23. The molecule has 0 bridgehead atoms. The number of anilines is 1. The highest BCUT2D eigenvalue weighted by Crippen LogP contribution is 2.36. The highest BCUT2D eigenvalue weighted by Gasteiger charge is 2.48. The van der Waals surface area contributed by atoms with Crippen molar-refractivity contribution in [1.82, 2.24) is 4.90 Å². The summed E-state index contributed by atoms with van der Waals surface area (Å²) in [6.45, 7) is 2.80. The minimum Gasteiger partial charge on any atom is -0.462 e. The average molecular weight is 434 g/mol. The molecule has 1 saturated heterocycles. The van der Waals surface area contributed by atoms with Gasteiger partial charge in [0.2, 0.25) is 5.82 Å². The third kappa shape index (κ3) is 3.38. The molecule has 156 valence electrons. The van der Waals surface area contributed by atoms with E-state index in [4.69, 9.17) is 21.7 Å². The van der Waals surface area contributed by atoms with Crippen molar-refractivity contribution in [2.45, 2.75) is 33.0 Å². The summed E-state index contributed by atoms with van der Waals surface area (Å²) in [6.07, 6.45) is 0. The molecule has 0 saturated carbocycles. The van der Waals surface area contributed by atoms with Crippen LogP contribution >= 0.6 is 12.2 Å². The minimum atomic E-state index is -2.33. The Kier molecular flexibility index (Phi) is 5.63. The molecule has 5 nitrogen and oxygen atoms in total. The standard InChI is InChI=1S/C18H15F5N2O3S/c1-7(2)15-17(27)25(16-13(22)11(20)10(19)12(21)14(16)23)18(29)24(15)5-8-3-4-9(6-26)28-8/h3-4,7,15,26H,5-6H2,1-2H3. The molecular weight excluding hydrogens is 419 g/mol. The molecule has 1 amide bonds. The van der Waals surface area contributed by atoms with Gasteiger partial charge in [-0.05, 0) is 30.3 Å². The molecule has 1 fully saturated rings. The van der Waals surface area contributed by atoms with Gasteiger partial charge in [0.25, 0.3) is 5.91 Å². The number of furan rings is 1. The zero-order valence-electron chi connectivity index (χ0n) is 15.2. The van der Waals surface area contributed by atoms with Crippen LogP contribution in [0.25, 0.3) is 0 Å². The van der Waals surface area contributed by atoms with E-state index < -0.39 is 57.8 Å². The number of carbonyl (C=O) groups is 1. The van der Waals surface area contributed by atoms with Gasteiger partial charge < -0.3 is 14.4 Å². The maximum Gasteiger partial charge on any atom is 0.256 e. The van der Waals surface area contributed by atoms with E-state index in [0.717, 1.165) is 0 Å². The van der Waals surface area contributed by atoms with E-state index in [1.54, 1.807) is 13.8 Å². The number of benzene rings is 1. The van der Waals surface area contributed by atoms with Gasteiger partial charge in [-0.15, -0.1) is 0 Å². The Morgan fingerprint density at radius 3 is 2.03 bits per heavy atom. The SMILES string of the molecule is CC(C)C1C(=O)N(c2c(F)c(F)c(F)c(F)c2F)C(=S)N1Cc1ccc(CO)o1. The van der Waals surface area contributed by atoms with Crippen LogP contribution in [0.5, 0.6) is 0 Å². The van der Waals surface area contributed by atoms with E-state index in [9.17, 15) is 26.7 Å². The van der Waals surface area contributed by atoms with Crippen LogP contribution in [0.1, 0.15) is 25.4 Å². The van der Waals surface area contributed by atoms with Crippen molar-refractivity contribution in [1.29, 1.82) is 0 Å². The largest absolute Gasteiger partial charge is 0.462 e. The first-order chi connectivity index (χ1) is 13.6. The molecule has 1 unspecified atom stereocenters. The van der Waals surface area contributed by atoms with E-state index in [0.29, 0.717) is 4.90 Å². The molecule has 3 rings (SSSR count). The number of amides is 1. The predicted octanol–water partition coefficient (Wildman–Crippen LogP) is 3.63. The zero-order valence-corrected chi connectivity index (χ0v) is 16.0. The van der Waals surface area contributed by atoms with Crippen LogP contribution in [0.2, 0.25) is 0 Å². The van der Waals surface area contributed by atoms with Gasteiger partial charge in [-0.25, -0.2) is 26.9 Å². The number of thiocarbonyl (C=S) groups is 1. The summed E-state index contributed by atoms with van der Waals surface area (Å²) < 4.78 is 74.6. The zero-order chi connectivity index (χ0) is 21.6. The van der Waals surface area contributed by atoms with Crippen molar-refractivity contribution in [2.75, 3.05) is 4.90 Å². The highest BCUT2D eigenvalue weighted by molar-refractivity contribution is 7.80. The van der Waals surface area contributed by atoms with Crippen LogP contribution in [-0.4, -0.2) is 27.1 Å². The second-order valence-electron chi connectivity index (χ2n) is 6.72. The van der Waals surface area contributed by atoms with Crippen molar-refractivity contribution >= 4 is 28.9 Å². The van der Waals surface area contributed by atoms with Gasteiger partial charge >= 0.3 is 0 Å². The maximum absolute atomic E-state index is 14.3. The summed E-state index contributed by atoms with van der Waals surface area (Å²) in [6, 6.07) is 1.97. The molecular formula is C18H15F5N2O3S. The first kappa shape index (κ1) is 21.2. The van der Waals surface area contributed by atoms with Crippen molar-refractivity contribution in [3.05, 3.63) is 52.7 Å². The van der Waals surface area contributed by atoms with Crippen LogP contribution in [0.3, 0.4) is 0 Å². The molecule has 11 heteroatoms. The molecule has 0 spiro atoms. The lowest BCUT2D eigenvalue weighted by Gasteiger charge is -2.25. The van der Waals surface area contributed by atoms with Gasteiger partial charge in [-0.1, -0.05) is 13.8 Å². The van der Waals surface area contributed by atoms with Crippen LogP contribution in [-0.2, 0) is 17.9 Å². The Morgan fingerprint density at radius 2 is 1.55 bits per heavy atom. The number of carbonyl (C=O) groups excluding carboxylic acids is 1. The van der Waals surface area contributed by atoms with Gasteiger partial charge in [-0.2, -0.15) is 0 Å². The number of aliphatic hydroxyl groups excluding tert-OH is 1. The fraction of sp³-hybridized carbons (Fsp3) is 0.333. The van der Waals surface area contributed by atoms with Crippen molar-refractivity contribution in [2.24, 2.45) is 5.92 Å². The minimum absolute atomic E-state index is 0.112. The molecule has 1 N–H and O–H groups in total. The number of hydrogen-bond donors (Lipinski definition) is 1. The summed E-state index contributed by atoms with van der Waals surface area (Å²) in [5, 5.41) is 8.66. The van der Waals surface area contributed by atoms with Crippen molar-refractivity contribution < 1.29 is 36.3 Å². The summed E-state index contributed by atoms with van der Waals surface area (Å²) in [5.41, 5.74) is -1.42. The fourth-order valence-electron chi connectivity index (χ4n) is 3.17. The maximum atomic E-state index is 14.3. The highest BCUT2D eigenvalue weighted by atomic mass is 32.1. The third-order valence-electron chi connectivity index (χ3n) is 4.49. The number of hydrogen-bond acceptors (Lipinski definition) is 4. The summed E-state index contributed by atoms with van der Waals surface area (Å²) >= 11 is 5.16. The predicted molar refractivity (Wildman–Crippen MR) is 95.1 cm³/mol. The van der Waals surface area contributed by atoms with Crippen LogP contribution < -0.4 is 4.90 Å².